The number of benzene rings is 2. The molecule has 2 aromatic rings. The molecular weight excluding hydrogens is 290 g/mol. The molecule has 0 saturated carbocycles. The number of hydrogen-bond donors (Lipinski definition) is 3. The molecule has 0 aliphatic carbocycles. The highest BCUT2D eigenvalue weighted by atomic mass is 16.2. The van der Waals surface area contributed by atoms with Crippen molar-refractivity contribution < 1.29 is 9.59 Å². The van der Waals surface area contributed by atoms with E-state index in [-0.39, 0.29) is 11.9 Å². The molecule has 118 valence electrons. The highest BCUT2D eigenvalue weighted by Crippen LogP contribution is 2.28. The standard InChI is InChI=1S/C18H19N3O2/c19-17(22)14-3-1-2-10-8-11(4-6-13(10)14)18(23)21-16-9-12-5-7-15(16)20-12/h1-4,6,8,12,15-16,20H,5,7,9H2,(H2,19,22)(H,21,23)/t12-,15+,16-/m1/s1. The molecular formula is C18H19N3O2. The Morgan fingerprint density at radius 1 is 1.17 bits per heavy atom. The first-order valence-electron chi connectivity index (χ1n) is 8.01. The molecule has 4 N–H and O–H groups in total. The molecule has 2 fully saturated rings. The zero-order chi connectivity index (χ0) is 16.0. The molecule has 0 radical (unpaired) electrons. The molecule has 2 bridgehead atoms. The van der Waals surface area contributed by atoms with Crippen LogP contribution in [-0.2, 0) is 0 Å². The average molecular weight is 309 g/mol. The number of rotatable bonds is 3. The van der Waals surface area contributed by atoms with Crippen LogP contribution >= 0.6 is 0 Å². The molecule has 3 atom stereocenters. The number of fused-ring (bicyclic) bond motifs is 3. The van der Waals surface area contributed by atoms with E-state index < -0.39 is 5.91 Å². The second-order valence-corrected chi connectivity index (χ2v) is 6.47. The first kappa shape index (κ1) is 14.2. The maximum absolute atomic E-state index is 12.5. The van der Waals surface area contributed by atoms with Crippen molar-refractivity contribution in [2.24, 2.45) is 5.73 Å². The van der Waals surface area contributed by atoms with Gasteiger partial charge in [0.2, 0.25) is 5.91 Å². The quantitative estimate of drug-likeness (QED) is 0.804. The zero-order valence-corrected chi connectivity index (χ0v) is 12.7. The molecule has 0 aromatic heterocycles. The lowest BCUT2D eigenvalue weighted by molar-refractivity contribution is 0.0930. The van der Waals surface area contributed by atoms with Gasteiger partial charge in [-0.05, 0) is 48.2 Å². The van der Waals surface area contributed by atoms with Crippen LogP contribution in [0.25, 0.3) is 10.8 Å². The van der Waals surface area contributed by atoms with Crippen molar-refractivity contribution in [2.45, 2.75) is 37.4 Å². The number of carbonyl (C=O) groups excluding carboxylic acids is 2. The molecule has 2 aliphatic rings. The van der Waals surface area contributed by atoms with E-state index in [1.807, 2.05) is 12.1 Å². The summed E-state index contributed by atoms with van der Waals surface area (Å²) in [5.41, 5.74) is 6.49. The van der Waals surface area contributed by atoms with Crippen LogP contribution in [0, 0.1) is 0 Å². The topological polar surface area (TPSA) is 84.2 Å². The van der Waals surface area contributed by atoms with E-state index >= 15 is 0 Å². The monoisotopic (exact) mass is 309 g/mol. The van der Waals surface area contributed by atoms with Crippen LogP contribution in [0.3, 0.4) is 0 Å². The summed E-state index contributed by atoms with van der Waals surface area (Å²) in [6.45, 7) is 0. The molecule has 5 heteroatoms. The molecule has 2 amide bonds. The van der Waals surface area contributed by atoms with Gasteiger partial charge < -0.3 is 16.4 Å². The van der Waals surface area contributed by atoms with Crippen LogP contribution in [0.15, 0.2) is 36.4 Å². The summed E-state index contributed by atoms with van der Waals surface area (Å²) in [7, 11) is 0. The summed E-state index contributed by atoms with van der Waals surface area (Å²) in [6, 6.07) is 11.9. The predicted molar refractivity (Wildman–Crippen MR) is 88.3 cm³/mol. The van der Waals surface area contributed by atoms with Gasteiger partial charge in [-0.3, -0.25) is 9.59 Å². The van der Waals surface area contributed by atoms with E-state index in [2.05, 4.69) is 10.6 Å². The van der Waals surface area contributed by atoms with Gasteiger partial charge in [0.1, 0.15) is 0 Å². The SMILES string of the molecule is NC(=O)c1cccc2cc(C(=O)N[C@@H]3C[C@H]4CC[C@@H]3N4)ccc12. The van der Waals surface area contributed by atoms with Gasteiger partial charge in [0.25, 0.3) is 5.91 Å². The summed E-state index contributed by atoms with van der Waals surface area (Å²) in [5, 5.41) is 8.28. The van der Waals surface area contributed by atoms with Crippen LogP contribution < -0.4 is 16.4 Å². The number of hydrogen-bond acceptors (Lipinski definition) is 3. The molecule has 4 rings (SSSR count). The normalized spacial score (nSPS) is 25.7. The summed E-state index contributed by atoms with van der Waals surface area (Å²) in [6.07, 6.45) is 3.36. The lowest BCUT2D eigenvalue weighted by atomic mass is 9.95. The molecule has 0 spiro atoms. The number of amides is 2. The second kappa shape index (κ2) is 5.35. The smallest absolute Gasteiger partial charge is 0.251 e. The van der Waals surface area contributed by atoms with Gasteiger partial charge in [-0.25, -0.2) is 0 Å². The maximum Gasteiger partial charge on any atom is 0.251 e. The van der Waals surface area contributed by atoms with Crippen molar-refractivity contribution in [3.8, 4) is 0 Å². The van der Waals surface area contributed by atoms with Crippen molar-refractivity contribution in [3.05, 3.63) is 47.5 Å². The minimum Gasteiger partial charge on any atom is -0.366 e. The van der Waals surface area contributed by atoms with Gasteiger partial charge in [-0.1, -0.05) is 18.2 Å². The molecule has 2 aliphatic heterocycles. The highest BCUT2D eigenvalue weighted by molar-refractivity contribution is 6.08. The third-order valence-corrected chi connectivity index (χ3v) is 5.02. The predicted octanol–water partition coefficient (Wildman–Crippen LogP) is 1.56. The molecule has 2 saturated heterocycles. The van der Waals surface area contributed by atoms with Gasteiger partial charge >= 0.3 is 0 Å². The Morgan fingerprint density at radius 2 is 2.04 bits per heavy atom. The molecule has 2 aromatic carbocycles. The Kier molecular flexibility index (Phi) is 3.31. The number of carbonyl (C=O) groups is 2. The lowest BCUT2D eigenvalue weighted by Gasteiger charge is -2.21. The summed E-state index contributed by atoms with van der Waals surface area (Å²) in [5.74, 6) is -0.517. The minimum atomic E-state index is -0.458. The van der Waals surface area contributed by atoms with Crippen molar-refractivity contribution in [1.29, 1.82) is 0 Å². The van der Waals surface area contributed by atoms with E-state index in [4.69, 9.17) is 5.73 Å². The first-order chi connectivity index (χ1) is 11.1. The minimum absolute atomic E-state index is 0.0595. The highest BCUT2D eigenvalue weighted by Gasteiger charge is 2.39. The fourth-order valence-corrected chi connectivity index (χ4v) is 3.88. The first-order valence-corrected chi connectivity index (χ1v) is 8.01. The van der Waals surface area contributed by atoms with E-state index in [1.54, 1.807) is 24.3 Å². The van der Waals surface area contributed by atoms with E-state index in [0.29, 0.717) is 23.2 Å². The number of nitrogens with two attached hydrogens (primary N) is 1. The van der Waals surface area contributed by atoms with Gasteiger partial charge in [0.15, 0.2) is 0 Å². The van der Waals surface area contributed by atoms with Crippen LogP contribution in [0.1, 0.15) is 40.0 Å². The summed E-state index contributed by atoms with van der Waals surface area (Å²) >= 11 is 0. The van der Waals surface area contributed by atoms with Gasteiger partial charge in [-0.15, -0.1) is 0 Å². The van der Waals surface area contributed by atoms with E-state index in [1.165, 1.54) is 6.42 Å². The largest absolute Gasteiger partial charge is 0.366 e. The van der Waals surface area contributed by atoms with Gasteiger partial charge in [0, 0.05) is 29.3 Å². The van der Waals surface area contributed by atoms with Crippen LogP contribution in [0.2, 0.25) is 0 Å². The van der Waals surface area contributed by atoms with E-state index in [0.717, 1.165) is 23.6 Å². The third kappa shape index (κ3) is 2.47. The Morgan fingerprint density at radius 3 is 2.74 bits per heavy atom. The number of primary amides is 1. The lowest BCUT2D eigenvalue weighted by Crippen LogP contribution is -2.42. The summed E-state index contributed by atoms with van der Waals surface area (Å²) < 4.78 is 0. The Bertz CT molecular complexity index is 802. The van der Waals surface area contributed by atoms with Crippen molar-refractivity contribution in [3.63, 3.8) is 0 Å². The Labute approximate surface area is 134 Å². The molecule has 0 unspecified atom stereocenters. The molecule has 2 heterocycles. The van der Waals surface area contributed by atoms with Crippen molar-refractivity contribution >= 4 is 22.6 Å². The Hall–Kier alpha value is -2.40. The van der Waals surface area contributed by atoms with Crippen molar-refractivity contribution in [2.75, 3.05) is 0 Å². The van der Waals surface area contributed by atoms with Gasteiger partial charge in [-0.2, -0.15) is 0 Å². The van der Waals surface area contributed by atoms with Crippen LogP contribution in [0.4, 0.5) is 0 Å². The van der Waals surface area contributed by atoms with Crippen LogP contribution in [0.5, 0.6) is 0 Å². The maximum atomic E-state index is 12.5. The Balaban J connectivity index is 1.59. The average Bonchev–Trinajstić information content (AvgIpc) is 3.16. The zero-order valence-electron chi connectivity index (χ0n) is 12.7. The fraction of sp³-hybridized carbons (Fsp3) is 0.333. The third-order valence-electron chi connectivity index (χ3n) is 5.02. The van der Waals surface area contributed by atoms with Crippen LogP contribution in [-0.4, -0.2) is 29.9 Å². The fourth-order valence-electron chi connectivity index (χ4n) is 3.88. The van der Waals surface area contributed by atoms with Gasteiger partial charge in [0.05, 0.1) is 0 Å². The summed E-state index contributed by atoms with van der Waals surface area (Å²) in [4.78, 5) is 24.0. The molecule has 23 heavy (non-hydrogen) atoms. The van der Waals surface area contributed by atoms with Crippen molar-refractivity contribution in [1.82, 2.24) is 10.6 Å². The van der Waals surface area contributed by atoms with E-state index in [9.17, 15) is 9.59 Å². The number of nitrogens with one attached hydrogen (secondary N) is 2. The second-order valence-electron chi connectivity index (χ2n) is 6.47. The molecule has 5 nitrogen and oxygen atoms in total.